The van der Waals surface area contributed by atoms with Crippen LogP contribution < -0.4 is 10.0 Å². The topological polar surface area (TPSA) is 75.3 Å². The number of benzene rings is 2. The molecule has 2 aromatic rings. The van der Waals surface area contributed by atoms with Gasteiger partial charge in [0.15, 0.2) is 0 Å². The Morgan fingerprint density at radius 1 is 1.12 bits per heavy atom. The molecule has 0 atom stereocenters. The molecule has 1 aliphatic carbocycles. The van der Waals surface area contributed by atoms with Gasteiger partial charge in [-0.2, -0.15) is 0 Å². The molecule has 5 nitrogen and oxygen atoms in total. The Balaban J connectivity index is 1.74. The van der Waals surface area contributed by atoms with Crippen molar-refractivity contribution in [1.82, 2.24) is 4.72 Å². The lowest BCUT2D eigenvalue weighted by atomic mass is 10.1. The Labute approximate surface area is 142 Å². The van der Waals surface area contributed by atoms with Crippen molar-refractivity contribution in [2.45, 2.75) is 37.1 Å². The summed E-state index contributed by atoms with van der Waals surface area (Å²) in [7, 11) is -3.53. The van der Waals surface area contributed by atoms with Crippen LogP contribution in [0.2, 0.25) is 0 Å². The zero-order chi connectivity index (χ0) is 17.2. The molecule has 6 heteroatoms. The number of hydrogen-bond donors (Lipinski definition) is 2. The SMILES string of the molecule is CCc1ccc(C(=O)Nc2cccc(S(=O)(=O)NC3CC3)c2)cc1. The highest BCUT2D eigenvalue weighted by Gasteiger charge is 2.28. The molecule has 24 heavy (non-hydrogen) atoms. The Hall–Kier alpha value is -2.18. The minimum atomic E-state index is -3.53. The summed E-state index contributed by atoms with van der Waals surface area (Å²) in [5.74, 6) is -0.262. The average Bonchev–Trinajstić information content (AvgIpc) is 3.38. The molecule has 0 unspecified atom stereocenters. The molecular weight excluding hydrogens is 324 g/mol. The van der Waals surface area contributed by atoms with Gasteiger partial charge >= 0.3 is 0 Å². The van der Waals surface area contributed by atoms with Crippen molar-refractivity contribution in [3.05, 3.63) is 59.7 Å². The van der Waals surface area contributed by atoms with E-state index in [1.54, 1.807) is 24.3 Å². The largest absolute Gasteiger partial charge is 0.322 e. The molecule has 1 fully saturated rings. The Morgan fingerprint density at radius 3 is 2.46 bits per heavy atom. The van der Waals surface area contributed by atoms with Crippen LogP contribution in [0.5, 0.6) is 0 Å². The molecule has 0 spiro atoms. The number of sulfonamides is 1. The van der Waals surface area contributed by atoms with E-state index >= 15 is 0 Å². The van der Waals surface area contributed by atoms with Gasteiger partial charge in [-0.15, -0.1) is 0 Å². The summed E-state index contributed by atoms with van der Waals surface area (Å²) in [6.45, 7) is 2.05. The quantitative estimate of drug-likeness (QED) is 0.846. The summed E-state index contributed by atoms with van der Waals surface area (Å²) in [6.07, 6.45) is 2.67. The maximum atomic E-state index is 12.3. The van der Waals surface area contributed by atoms with Crippen LogP contribution in [0, 0.1) is 0 Å². The Morgan fingerprint density at radius 2 is 1.83 bits per heavy atom. The standard InChI is InChI=1S/C18H20N2O3S/c1-2-13-6-8-14(9-7-13)18(21)19-16-4-3-5-17(12-16)24(22,23)20-15-10-11-15/h3-9,12,15,20H,2,10-11H2,1H3,(H,19,21). The molecular formula is C18H20N2O3S. The first-order valence-electron chi connectivity index (χ1n) is 8.00. The minimum absolute atomic E-state index is 0.0466. The van der Waals surface area contributed by atoms with Crippen LogP contribution in [0.15, 0.2) is 53.4 Å². The van der Waals surface area contributed by atoms with Gasteiger partial charge in [-0.1, -0.05) is 25.1 Å². The van der Waals surface area contributed by atoms with Gasteiger partial charge in [0.05, 0.1) is 4.90 Å². The van der Waals surface area contributed by atoms with E-state index in [1.165, 1.54) is 12.1 Å². The summed E-state index contributed by atoms with van der Waals surface area (Å²) in [5, 5.41) is 2.75. The number of rotatable bonds is 6. The van der Waals surface area contributed by atoms with E-state index in [9.17, 15) is 13.2 Å². The summed E-state index contributed by atoms with van der Waals surface area (Å²) in [4.78, 5) is 12.4. The summed E-state index contributed by atoms with van der Waals surface area (Å²) < 4.78 is 27.1. The molecule has 0 radical (unpaired) electrons. The second-order valence-electron chi connectivity index (χ2n) is 5.93. The molecule has 1 amide bonds. The second kappa shape index (κ2) is 6.75. The van der Waals surface area contributed by atoms with Crippen molar-refractivity contribution in [2.75, 3.05) is 5.32 Å². The van der Waals surface area contributed by atoms with Gasteiger partial charge in [-0.3, -0.25) is 4.79 Å². The molecule has 0 aliphatic heterocycles. The number of anilines is 1. The molecule has 3 rings (SSSR count). The molecule has 2 N–H and O–H groups in total. The highest BCUT2D eigenvalue weighted by atomic mass is 32.2. The summed E-state index contributed by atoms with van der Waals surface area (Å²) >= 11 is 0. The first kappa shape index (κ1) is 16.7. The van der Waals surface area contributed by atoms with E-state index in [4.69, 9.17) is 0 Å². The van der Waals surface area contributed by atoms with Crippen LogP contribution in [0.4, 0.5) is 5.69 Å². The van der Waals surface area contributed by atoms with Crippen molar-refractivity contribution in [3.8, 4) is 0 Å². The third-order valence-corrected chi connectivity index (χ3v) is 5.44. The molecule has 1 aliphatic rings. The van der Waals surface area contributed by atoms with Gasteiger partial charge in [-0.25, -0.2) is 13.1 Å². The zero-order valence-electron chi connectivity index (χ0n) is 13.5. The van der Waals surface area contributed by atoms with Crippen LogP contribution in [-0.2, 0) is 16.4 Å². The Kier molecular flexibility index (Phi) is 4.69. The molecule has 2 aromatic carbocycles. The first-order valence-corrected chi connectivity index (χ1v) is 9.49. The fraction of sp³-hybridized carbons (Fsp3) is 0.278. The molecule has 126 valence electrons. The monoisotopic (exact) mass is 344 g/mol. The van der Waals surface area contributed by atoms with Crippen molar-refractivity contribution in [2.24, 2.45) is 0 Å². The highest BCUT2D eigenvalue weighted by molar-refractivity contribution is 7.89. The number of carbonyl (C=O) groups excluding carboxylic acids is 1. The van der Waals surface area contributed by atoms with Crippen molar-refractivity contribution < 1.29 is 13.2 Å². The maximum absolute atomic E-state index is 12.3. The number of amides is 1. The van der Waals surface area contributed by atoms with E-state index in [1.807, 2.05) is 12.1 Å². The van der Waals surface area contributed by atoms with Crippen LogP contribution >= 0.6 is 0 Å². The number of carbonyl (C=O) groups is 1. The maximum Gasteiger partial charge on any atom is 0.255 e. The third kappa shape index (κ3) is 4.01. The zero-order valence-corrected chi connectivity index (χ0v) is 14.3. The third-order valence-electron chi connectivity index (χ3n) is 3.93. The van der Waals surface area contributed by atoms with Gasteiger partial charge in [-0.05, 0) is 55.2 Å². The number of aryl methyl sites for hydroxylation is 1. The Bertz CT molecular complexity index is 841. The van der Waals surface area contributed by atoms with Crippen LogP contribution in [0.3, 0.4) is 0 Å². The minimum Gasteiger partial charge on any atom is -0.322 e. The molecule has 0 aromatic heterocycles. The normalized spacial score (nSPS) is 14.4. The van der Waals surface area contributed by atoms with E-state index in [2.05, 4.69) is 17.0 Å². The van der Waals surface area contributed by atoms with E-state index < -0.39 is 10.0 Å². The molecule has 0 heterocycles. The molecule has 0 bridgehead atoms. The fourth-order valence-corrected chi connectivity index (χ4v) is 3.68. The first-order chi connectivity index (χ1) is 11.5. The predicted molar refractivity (Wildman–Crippen MR) is 93.6 cm³/mol. The molecule has 0 saturated heterocycles. The van der Waals surface area contributed by atoms with E-state index in [0.717, 1.165) is 24.8 Å². The lowest BCUT2D eigenvalue weighted by molar-refractivity contribution is 0.102. The van der Waals surface area contributed by atoms with Gasteiger partial charge in [0.2, 0.25) is 10.0 Å². The smallest absolute Gasteiger partial charge is 0.255 e. The van der Waals surface area contributed by atoms with Crippen molar-refractivity contribution in [3.63, 3.8) is 0 Å². The highest BCUT2D eigenvalue weighted by Crippen LogP contribution is 2.23. The lowest BCUT2D eigenvalue weighted by Gasteiger charge is -2.09. The number of hydrogen-bond acceptors (Lipinski definition) is 3. The van der Waals surface area contributed by atoms with Crippen molar-refractivity contribution >= 4 is 21.6 Å². The van der Waals surface area contributed by atoms with Gasteiger partial charge in [0, 0.05) is 17.3 Å². The van der Waals surface area contributed by atoms with Gasteiger partial charge in [0.1, 0.15) is 0 Å². The molecule has 1 saturated carbocycles. The summed E-state index contributed by atoms with van der Waals surface area (Å²) in [5.41, 5.74) is 2.15. The van der Waals surface area contributed by atoms with E-state index in [-0.39, 0.29) is 16.8 Å². The fourth-order valence-electron chi connectivity index (χ4n) is 2.32. The van der Waals surface area contributed by atoms with Crippen molar-refractivity contribution in [1.29, 1.82) is 0 Å². The van der Waals surface area contributed by atoms with Gasteiger partial charge in [0.25, 0.3) is 5.91 Å². The number of nitrogens with one attached hydrogen (secondary N) is 2. The van der Waals surface area contributed by atoms with Gasteiger partial charge < -0.3 is 5.32 Å². The van der Waals surface area contributed by atoms with Crippen LogP contribution in [0.25, 0.3) is 0 Å². The van der Waals surface area contributed by atoms with Crippen LogP contribution in [0.1, 0.15) is 35.7 Å². The van der Waals surface area contributed by atoms with E-state index in [0.29, 0.717) is 11.3 Å². The second-order valence-corrected chi connectivity index (χ2v) is 7.64. The lowest BCUT2D eigenvalue weighted by Crippen LogP contribution is -2.25. The summed E-state index contributed by atoms with van der Waals surface area (Å²) in [6, 6.07) is 13.7. The predicted octanol–water partition coefficient (Wildman–Crippen LogP) is 2.94. The average molecular weight is 344 g/mol. The van der Waals surface area contributed by atoms with Crippen LogP contribution in [-0.4, -0.2) is 20.4 Å².